The Morgan fingerprint density at radius 2 is 2.12 bits per heavy atom. The molecule has 1 saturated heterocycles. The predicted molar refractivity (Wildman–Crippen MR) is 103 cm³/mol. The van der Waals surface area contributed by atoms with Crippen LogP contribution in [0.25, 0.3) is 10.9 Å². The Morgan fingerprint density at radius 1 is 1.24 bits per heavy atom. The molecule has 1 atom stereocenters. The zero-order valence-corrected chi connectivity index (χ0v) is 15.3. The Kier molecular flexibility index (Phi) is 4.64. The number of hydrogen-bond donors (Lipinski definition) is 0. The van der Waals surface area contributed by atoms with E-state index in [1.807, 2.05) is 30.5 Å². The lowest BCUT2D eigenvalue weighted by molar-refractivity contribution is 0.0814. The van der Waals surface area contributed by atoms with Crippen LogP contribution in [0.4, 0.5) is 0 Å². The first-order chi connectivity index (χ1) is 12.2. The Bertz CT molecular complexity index is 902. The maximum absolute atomic E-state index is 12.8. The Hall–Kier alpha value is -2.04. The molecule has 25 heavy (non-hydrogen) atoms. The topological polar surface area (TPSA) is 33.2 Å². The summed E-state index contributed by atoms with van der Waals surface area (Å²) < 4.78 is 0. The molecule has 3 nitrogen and oxygen atoms in total. The third kappa shape index (κ3) is 3.51. The van der Waals surface area contributed by atoms with E-state index in [-0.39, 0.29) is 5.92 Å². The maximum atomic E-state index is 12.8. The summed E-state index contributed by atoms with van der Waals surface area (Å²) in [6.45, 7) is 4.73. The van der Waals surface area contributed by atoms with Gasteiger partial charge in [0.2, 0.25) is 0 Å². The number of carbonyl (C=O) groups is 1. The summed E-state index contributed by atoms with van der Waals surface area (Å²) >= 11 is 1.58. The molecular weight excluding hydrogens is 328 g/mol. The fraction of sp³-hybridized carbons (Fsp3) is 0.333. The average Bonchev–Trinajstić information content (AvgIpc) is 3.07. The molecule has 0 spiro atoms. The van der Waals surface area contributed by atoms with Crippen molar-refractivity contribution in [3.05, 3.63) is 64.0 Å². The second-order valence-electron chi connectivity index (χ2n) is 6.87. The van der Waals surface area contributed by atoms with Crippen LogP contribution in [0.15, 0.2) is 47.8 Å². The van der Waals surface area contributed by atoms with Gasteiger partial charge in [0.05, 0.1) is 16.1 Å². The molecule has 1 aromatic carbocycles. The van der Waals surface area contributed by atoms with Crippen LogP contribution in [0.1, 0.15) is 33.8 Å². The molecule has 0 radical (unpaired) electrons. The molecule has 4 heteroatoms. The van der Waals surface area contributed by atoms with Crippen LogP contribution >= 0.6 is 11.3 Å². The van der Waals surface area contributed by atoms with Gasteiger partial charge in [-0.15, -0.1) is 11.3 Å². The zero-order chi connectivity index (χ0) is 17.2. The van der Waals surface area contributed by atoms with Gasteiger partial charge in [0, 0.05) is 24.4 Å². The van der Waals surface area contributed by atoms with Crippen LogP contribution in [0.5, 0.6) is 0 Å². The molecule has 3 aromatic rings. The summed E-state index contributed by atoms with van der Waals surface area (Å²) in [5, 5.41) is 3.19. The number of para-hydroxylation sites is 1. The molecule has 1 fully saturated rings. The van der Waals surface area contributed by atoms with Crippen LogP contribution in [-0.4, -0.2) is 28.8 Å². The van der Waals surface area contributed by atoms with Crippen LogP contribution < -0.4 is 0 Å². The van der Waals surface area contributed by atoms with Gasteiger partial charge >= 0.3 is 0 Å². The number of fused-ring (bicyclic) bond motifs is 1. The number of ketones is 1. The number of rotatable bonds is 4. The van der Waals surface area contributed by atoms with E-state index in [4.69, 9.17) is 4.98 Å². The van der Waals surface area contributed by atoms with Gasteiger partial charge in [-0.1, -0.05) is 24.3 Å². The van der Waals surface area contributed by atoms with E-state index in [1.54, 1.807) is 11.3 Å². The van der Waals surface area contributed by atoms with Crippen molar-refractivity contribution >= 4 is 28.0 Å². The van der Waals surface area contributed by atoms with E-state index in [2.05, 4.69) is 29.2 Å². The third-order valence-corrected chi connectivity index (χ3v) is 6.03. The molecule has 1 aliphatic heterocycles. The molecule has 0 bridgehead atoms. The standard InChI is InChI=1S/C21H22N2OS/c1-15-10-12-25-21(15)20(24)17-6-4-11-23(13-17)14-18-9-8-16-5-2-3-7-19(16)22-18/h2-3,5,7-10,12,17H,4,6,11,13-14H2,1H3. The highest BCUT2D eigenvalue weighted by Gasteiger charge is 2.28. The minimum Gasteiger partial charge on any atom is -0.297 e. The molecule has 3 heterocycles. The molecular formula is C21H22N2OS. The van der Waals surface area contributed by atoms with Crippen molar-refractivity contribution in [2.75, 3.05) is 13.1 Å². The number of piperidine rings is 1. The number of aryl methyl sites for hydroxylation is 1. The van der Waals surface area contributed by atoms with Crippen LogP contribution in [0.3, 0.4) is 0 Å². The second kappa shape index (κ2) is 7.06. The average molecular weight is 350 g/mol. The minimum absolute atomic E-state index is 0.117. The van der Waals surface area contributed by atoms with Crippen LogP contribution in [0, 0.1) is 12.8 Å². The number of Topliss-reactive ketones (excluding diaryl/α,β-unsaturated/α-hetero) is 1. The summed E-state index contributed by atoms with van der Waals surface area (Å²) in [5.41, 5.74) is 3.24. The predicted octanol–water partition coefficient (Wildman–Crippen LogP) is 4.70. The highest BCUT2D eigenvalue weighted by atomic mass is 32.1. The fourth-order valence-electron chi connectivity index (χ4n) is 3.65. The first-order valence-corrected chi connectivity index (χ1v) is 9.74. The molecule has 0 amide bonds. The van der Waals surface area contributed by atoms with Gasteiger partial charge in [-0.2, -0.15) is 0 Å². The number of benzene rings is 1. The lowest BCUT2D eigenvalue weighted by atomic mass is 9.92. The molecule has 0 aliphatic carbocycles. The Morgan fingerprint density at radius 3 is 2.96 bits per heavy atom. The molecule has 4 rings (SSSR count). The van der Waals surface area contributed by atoms with Crippen molar-refractivity contribution < 1.29 is 4.79 Å². The van der Waals surface area contributed by atoms with Crippen LogP contribution in [0.2, 0.25) is 0 Å². The van der Waals surface area contributed by atoms with Crippen LogP contribution in [-0.2, 0) is 6.54 Å². The van der Waals surface area contributed by atoms with Crippen molar-refractivity contribution in [3.63, 3.8) is 0 Å². The highest BCUT2D eigenvalue weighted by Crippen LogP contribution is 2.26. The second-order valence-corrected chi connectivity index (χ2v) is 7.78. The molecule has 0 N–H and O–H groups in total. The van der Waals surface area contributed by atoms with Gasteiger partial charge in [0.25, 0.3) is 0 Å². The van der Waals surface area contributed by atoms with Crippen molar-refractivity contribution in [1.82, 2.24) is 9.88 Å². The summed E-state index contributed by atoms with van der Waals surface area (Å²) in [6.07, 6.45) is 2.08. The third-order valence-electron chi connectivity index (χ3n) is 5.00. The normalized spacial score (nSPS) is 18.5. The number of thiophene rings is 1. The number of carbonyl (C=O) groups excluding carboxylic acids is 1. The fourth-order valence-corrected chi connectivity index (χ4v) is 4.59. The van der Waals surface area contributed by atoms with E-state index in [0.717, 1.165) is 54.1 Å². The van der Waals surface area contributed by atoms with Gasteiger partial charge in [-0.3, -0.25) is 14.7 Å². The number of nitrogens with zero attached hydrogens (tertiary/aromatic N) is 2. The maximum Gasteiger partial charge on any atom is 0.177 e. The summed E-state index contributed by atoms with van der Waals surface area (Å²) in [4.78, 5) is 20.9. The molecule has 1 unspecified atom stereocenters. The van der Waals surface area contributed by atoms with Crippen molar-refractivity contribution in [1.29, 1.82) is 0 Å². The first kappa shape index (κ1) is 16.4. The van der Waals surface area contributed by atoms with Crippen molar-refractivity contribution in [3.8, 4) is 0 Å². The Balaban J connectivity index is 1.47. The van der Waals surface area contributed by atoms with Gasteiger partial charge in [0.1, 0.15) is 0 Å². The Labute approximate surface area is 152 Å². The van der Waals surface area contributed by atoms with E-state index < -0.39 is 0 Å². The van der Waals surface area contributed by atoms with Crippen molar-refractivity contribution in [2.45, 2.75) is 26.3 Å². The summed E-state index contributed by atoms with van der Waals surface area (Å²) in [5.74, 6) is 0.440. The molecule has 1 aliphatic rings. The molecule has 128 valence electrons. The summed E-state index contributed by atoms with van der Waals surface area (Å²) in [6, 6.07) is 14.5. The monoisotopic (exact) mass is 350 g/mol. The largest absolute Gasteiger partial charge is 0.297 e. The van der Waals surface area contributed by atoms with E-state index in [0.29, 0.717) is 5.78 Å². The first-order valence-electron chi connectivity index (χ1n) is 8.86. The smallest absolute Gasteiger partial charge is 0.177 e. The number of hydrogen-bond acceptors (Lipinski definition) is 4. The van der Waals surface area contributed by atoms with E-state index in [1.165, 1.54) is 5.39 Å². The van der Waals surface area contributed by atoms with E-state index >= 15 is 0 Å². The quantitative estimate of drug-likeness (QED) is 0.640. The SMILES string of the molecule is Cc1ccsc1C(=O)C1CCCN(Cc2ccc3ccccc3n2)C1. The zero-order valence-electron chi connectivity index (χ0n) is 14.4. The lowest BCUT2D eigenvalue weighted by Gasteiger charge is -2.31. The molecule has 0 saturated carbocycles. The van der Waals surface area contributed by atoms with E-state index in [9.17, 15) is 4.79 Å². The van der Waals surface area contributed by atoms with Gasteiger partial charge in [0.15, 0.2) is 5.78 Å². The minimum atomic E-state index is 0.117. The number of pyridine rings is 1. The number of aromatic nitrogens is 1. The highest BCUT2D eigenvalue weighted by molar-refractivity contribution is 7.12. The molecule has 2 aromatic heterocycles. The number of likely N-dealkylation sites (tertiary alicyclic amines) is 1. The van der Waals surface area contributed by atoms with Crippen molar-refractivity contribution in [2.24, 2.45) is 5.92 Å². The van der Waals surface area contributed by atoms with Gasteiger partial charge in [-0.05, 0) is 55.5 Å². The van der Waals surface area contributed by atoms with Gasteiger partial charge in [-0.25, -0.2) is 0 Å². The van der Waals surface area contributed by atoms with Gasteiger partial charge < -0.3 is 0 Å². The summed E-state index contributed by atoms with van der Waals surface area (Å²) in [7, 11) is 0. The lowest BCUT2D eigenvalue weighted by Crippen LogP contribution is -2.38.